The Kier molecular flexibility index (Phi) is 6.58. The number of nitrogen functional groups attached to an aromatic ring is 1. The van der Waals surface area contributed by atoms with Gasteiger partial charge >= 0.3 is 0 Å². The van der Waals surface area contributed by atoms with Gasteiger partial charge in [-0.15, -0.1) is 10.2 Å². The minimum atomic E-state index is -0.231. The van der Waals surface area contributed by atoms with E-state index in [1.54, 1.807) is 24.3 Å². The van der Waals surface area contributed by atoms with Crippen LogP contribution in [0.25, 0.3) is 10.8 Å². The van der Waals surface area contributed by atoms with Crippen LogP contribution in [0.1, 0.15) is 12.5 Å². The van der Waals surface area contributed by atoms with Gasteiger partial charge in [0.25, 0.3) is 5.95 Å². The molecule has 1 amide bonds. The Morgan fingerprint density at radius 3 is 2.66 bits per heavy atom. The van der Waals surface area contributed by atoms with Crippen molar-refractivity contribution in [3.05, 3.63) is 77.3 Å². The molecule has 10 heteroatoms. The summed E-state index contributed by atoms with van der Waals surface area (Å²) in [5, 5.41) is 18.3. The van der Waals surface area contributed by atoms with Gasteiger partial charge < -0.3 is 11.2 Å². The summed E-state index contributed by atoms with van der Waals surface area (Å²) in [6, 6.07) is 21.3. The highest BCUT2D eigenvalue weighted by Crippen LogP contribution is 2.22. The zero-order valence-corrected chi connectivity index (χ0v) is 18.7. The number of amides is 1. The van der Waals surface area contributed by atoms with Gasteiger partial charge in [0.05, 0.1) is 22.2 Å². The summed E-state index contributed by atoms with van der Waals surface area (Å²) in [5.74, 6) is 6.18. The number of thioether (sulfide) groups is 1. The van der Waals surface area contributed by atoms with Gasteiger partial charge in [-0.25, -0.2) is 10.1 Å². The molecule has 8 nitrogen and oxygen atoms in total. The Balaban J connectivity index is 1.37. The topological polar surface area (TPSA) is 110 Å². The van der Waals surface area contributed by atoms with E-state index in [-0.39, 0.29) is 17.6 Å². The van der Waals surface area contributed by atoms with Crippen molar-refractivity contribution in [2.45, 2.75) is 12.1 Å². The molecule has 0 aliphatic rings. The maximum Gasteiger partial charge on any atom is 0.264 e. The van der Waals surface area contributed by atoms with E-state index >= 15 is 0 Å². The number of para-hydroxylation sites is 1. The summed E-state index contributed by atoms with van der Waals surface area (Å²) >= 11 is 7.21. The number of anilines is 2. The van der Waals surface area contributed by atoms with E-state index in [2.05, 4.69) is 50.3 Å². The van der Waals surface area contributed by atoms with E-state index in [9.17, 15) is 4.79 Å². The van der Waals surface area contributed by atoms with Crippen LogP contribution in [0.15, 0.2) is 77.0 Å². The Hall–Kier alpha value is -3.56. The van der Waals surface area contributed by atoms with Gasteiger partial charge in [0.2, 0.25) is 11.1 Å². The molecule has 4 rings (SSSR count). The summed E-state index contributed by atoms with van der Waals surface area (Å²) < 4.78 is 1.25. The second kappa shape index (κ2) is 9.71. The quantitative estimate of drug-likeness (QED) is 0.162. The average molecular weight is 466 g/mol. The van der Waals surface area contributed by atoms with Gasteiger partial charge in [-0.3, -0.25) is 4.79 Å². The molecule has 0 saturated carbocycles. The molecule has 4 N–H and O–H groups in total. The van der Waals surface area contributed by atoms with Crippen molar-refractivity contribution < 1.29 is 4.79 Å². The number of fused-ring (bicyclic) bond motifs is 1. The molecule has 0 aliphatic heterocycles. The zero-order chi connectivity index (χ0) is 22.5. The second-order valence-electron chi connectivity index (χ2n) is 6.86. The first-order valence-electron chi connectivity index (χ1n) is 9.68. The van der Waals surface area contributed by atoms with E-state index in [0.717, 1.165) is 28.4 Å². The molecule has 32 heavy (non-hydrogen) atoms. The van der Waals surface area contributed by atoms with Crippen molar-refractivity contribution >= 4 is 57.4 Å². The van der Waals surface area contributed by atoms with Gasteiger partial charge in [0.15, 0.2) is 0 Å². The van der Waals surface area contributed by atoms with Gasteiger partial charge in [-0.2, -0.15) is 5.10 Å². The van der Waals surface area contributed by atoms with Crippen molar-refractivity contribution in [1.29, 1.82) is 0 Å². The highest BCUT2D eigenvalue weighted by molar-refractivity contribution is 7.99. The van der Waals surface area contributed by atoms with Crippen molar-refractivity contribution in [2.24, 2.45) is 5.10 Å². The van der Waals surface area contributed by atoms with Crippen molar-refractivity contribution in [2.75, 3.05) is 22.3 Å². The number of aromatic nitrogens is 3. The molecule has 0 fully saturated rings. The summed E-state index contributed by atoms with van der Waals surface area (Å²) in [5.41, 5.74) is 5.13. The highest BCUT2D eigenvalue weighted by atomic mass is 35.5. The van der Waals surface area contributed by atoms with Crippen LogP contribution in [0.2, 0.25) is 5.02 Å². The molecule has 0 bridgehead atoms. The molecule has 3 aromatic carbocycles. The Bertz CT molecular complexity index is 1300. The maximum absolute atomic E-state index is 12.2. The van der Waals surface area contributed by atoms with Crippen LogP contribution in [0.4, 0.5) is 11.6 Å². The first-order valence-corrected chi connectivity index (χ1v) is 11.0. The lowest BCUT2D eigenvalue weighted by atomic mass is 10.0. The Morgan fingerprint density at radius 1 is 1.09 bits per heavy atom. The smallest absolute Gasteiger partial charge is 0.264 e. The number of rotatable bonds is 7. The molecule has 0 radical (unpaired) electrons. The van der Waals surface area contributed by atoms with Crippen molar-refractivity contribution in [3.63, 3.8) is 0 Å². The number of benzene rings is 3. The normalized spacial score (nSPS) is 11.5. The Labute approximate surface area is 193 Å². The molecule has 1 heterocycles. The first-order chi connectivity index (χ1) is 15.5. The highest BCUT2D eigenvalue weighted by Gasteiger charge is 2.13. The molecule has 1 aromatic heterocycles. The molecule has 162 valence electrons. The van der Waals surface area contributed by atoms with Crippen LogP contribution in [-0.2, 0) is 4.79 Å². The largest absolute Gasteiger partial charge is 0.334 e. The van der Waals surface area contributed by atoms with Crippen LogP contribution in [-0.4, -0.2) is 32.2 Å². The number of nitrogens with zero attached hydrogens (tertiary/aromatic N) is 4. The zero-order valence-electron chi connectivity index (χ0n) is 17.1. The predicted molar refractivity (Wildman–Crippen MR) is 131 cm³/mol. The fourth-order valence-electron chi connectivity index (χ4n) is 2.94. The van der Waals surface area contributed by atoms with Crippen molar-refractivity contribution in [1.82, 2.24) is 14.9 Å². The maximum atomic E-state index is 12.2. The third-order valence-electron chi connectivity index (χ3n) is 4.64. The van der Waals surface area contributed by atoms with Crippen LogP contribution < -0.4 is 16.6 Å². The minimum Gasteiger partial charge on any atom is -0.334 e. The van der Waals surface area contributed by atoms with E-state index in [1.807, 2.05) is 25.1 Å². The van der Waals surface area contributed by atoms with E-state index in [0.29, 0.717) is 15.9 Å². The molecule has 0 atom stereocenters. The lowest BCUT2D eigenvalue weighted by molar-refractivity contribution is -0.113. The molecule has 0 spiro atoms. The lowest BCUT2D eigenvalue weighted by Crippen LogP contribution is -2.17. The second-order valence-corrected chi connectivity index (χ2v) is 8.21. The fraction of sp³-hybridized carbons (Fsp3) is 0.0909. The SMILES string of the molecule is C/C(=N\Nc1nnc(SCC(=O)Nc2ccccc2Cl)n1N)c1ccc2ccccc2c1. The number of nitrogens with one attached hydrogen (secondary N) is 2. The van der Waals surface area contributed by atoms with Gasteiger partial charge in [-0.05, 0) is 41.5 Å². The number of carbonyl (C=O) groups is 1. The van der Waals surface area contributed by atoms with E-state index in [1.165, 1.54) is 10.1 Å². The summed E-state index contributed by atoms with van der Waals surface area (Å²) in [4.78, 5) is 12.2. The van der Waals surface area contributed by atoms with Crippen LogP contribution in [0.3, 0.4) is 0 Å². The molecule has 0 saturated heterocycles. The minimum absolute atomic E-state index is 0.0972. The van der Waals surface area contributed by atoms with Crippen molar-refractivity contribution in [3.8, 4) is 0 Å². The number of hydrogen-bond donors (Lipinski definition) is 3. The molecule has 4 aromatic rings. The number of carbonyl (C=O) groups excluding carboxylic acids is 1. The first kappa shape index (κ1) is 21.7. The lowest BCUT2D eigenvalue weighted by Gasteiger charge is -2.07. The van der Waals surface area contributed by atoms with E-state index in [4.69, 9.17) is 17.4 Å². The van der Waals surface area contributed by atoms with Gasteiger partial charge in [0.1, 0.15) is 0 Å². The number of hydrazone groups is 1. The number of halogens is 1. The standard InChI is InChI=1S/C22H20ClN7OS/c1-14(16-11-10-15-6-2-3-7-17(15)12-16)26-27-21-28-29-22(30(21)24)32-13-20(31)25-19-9-5-4-8-18(19)23/h2-12H,13,24H2,1H3,(H,25,31)(H,27,28)/b26-14+. The molecule has 0 aliphatic carbocycles. The summed E-state index contributed by atoms with van der Waals surface area (Å²) in [6.07, 6.45) is 0. The van der Waals surface area contributed by atoms with Gasteiger partial charge in [-0.1, -0.05) is 71.9 Å². The van der Waals surface area contributed by atoms with Crippen LogP contribution in [0, 0.1) is 0 Å². The fourth-order valence-corrected chi connectivity index (χ4v) is 3.78. The van der Waals surface area contributed by atoms with Crippen LogP contribution >= 0.6 is 23.4 Å². The number of nitrogens with two attached hydrogens (primary N) is 1. The number of hydrogen-bond acceptors (Lipinski definition) is 7. The predicted octanol–water partition coefficient (Wildman–Crippen LogP) is 4.37. The average Bonchev–Trinajstić information content (AvgIpc) is 3.16. The monoisotopic (exact) mass is 465 g/mol. The van der Waals surface area contributed by atoms with E-state index < -0.39 is 0 Å². The van der Waals surface area contributed by atoms with Crippen LogP contribution in [0.5, 0.6) is 0 Å². The third kappa shape index (κ3) is 5.01. The third-order valence-corrected chi connectivity index (χ3v) is 5.91. The molecular weight excluding hydrogens is 446 g/mol. The molecular formula is C22H20ClN7OS. The molecule has 0 unspecified atom stereocenters. The summed E-state index contributed by atoms with van der Waals surface area (Å²) in [6.45, 7) is 1.89. The van der Waals surface area contributed by atoms with Gasteiger partial charge in [0, 0.05) is 0 Å². The summed E-state index contributed by atoms with van der Waals surface area (Å²) in [7, 11) is 0. The Morgan fingerprint density at radius 2 is 1.84 bits per heavy atom.